The average Bonchev–Trinajstić information content (AvgIpc) is 3.34. The van der Waals surface area contributed by atoms with Crippen molar-refractivity contribution in [3.8, 4) is 5.75 Å². The number of fused-ring (bicyclic) bond motifs is 1. The molecule has 4 rings (SSSR count). The molecule has 1 aliphatic rings. The highest BCUT2D eigenvalue weighted by Crippen LogP contribution is 2.40. The van der Waals surface area contributed by atoms with Crippen molar-refractivity contribution in [2.24, 2.45) is 0 Å². The molecule has 0 radical (unpaired) electrons. The molecule has 0 fully saturated rings. The summed E-state index contributed by atoms with van der Waals surface area (Å²) in [6.45, 7) is 2.34. The van der Waals surface area contributed by atoms with Gasteiger partial charge in [0.1, 0.15) is 17.9 Å². The van der Waals surface area contributed by atoms with Crippen molar-refractivity contribution in [3.05, 3.63) is 76.2 Å². The van der Waals surface area contributed by atoms with Gasteiger partial charge in [-0.3, -0.25) is 9.59 Å². The minimum atomic E-state index is -0.800. The minimum absolute atomic E-state index is 0.0108. The van der Waals surface area contributed by atoms with Crippen molar-refractivity contribution in [1.29, 1.82) is 0 Å². The van der Waals surface area contributed by atoms with E-state index >= 15 is 0 Å². The lowest BCUT2D eigenvalue weighted by molar-refractivity contribution is -0.129. The summed E-state index contributed by atoms with van der Waals surface area (Å²) in [5.74, 6) is -1.25. The number of aliphatic hydroxyl groups excluding tert-OH is 2. The van der Waals surface area contributed by atoms with Gasteiger partial charge in [-0.25, -0.2) is 0 Å². The summed E-state index contributed by atoms with van der Waals surface area (Å²) in [7, 11) is 0. The summed E-state index contributed by atoms with van der Waals surface area (Å²) < 4.78 is 11.2. The maximum absolute atomic E-state index is 13.5. The molecule has 1 aliphatic heterocycles. The fourth-order valence-corrected chi connectivity index (χ4v) is 4.17. The second kappa shape index (κ2) is 9.68. The molecular formula is C25H24ClNO6. The number of hydrogen-bond acceptors (Lipinski definition) is 6. The summed E-state index contributed by atoms with van der Waals surface area (Å²) in [5.41, 5.74) is 1.05. The normalized spacial score (nSPS) is 16.2. The van der Waals surface area contributed by atoms with Crippen LogP contribution in [0.1, 0.15) is 41.9 Å². The molecule has 0 saturated heterocycles. The number of benzene rings is 2. The first kappa shape index (κ1) is 22.9. The average molecular weight is 470 g/mol. The van der Waals surface area contributed by atoms with E-state index in [0.717, 1.165) is 6.42 Å². The third-order valence-electron chi connectivity index (χ3n) is 5.54. The first-order valence-electron chi connectivity index (χ1n) is 10.8. The molecule has 0 aliphatic carbocycles. The van der Waals surface area contributed by atoms with Crippen LogP contribution in [0.3, 0.4) is 0 Å². The number of ether oxygens (including phenoxy) is 1. The van der Waals surface area contributed by atoms with Crippen molar-refractivity contribution >= 4 is 34.3 Å². The van der Waals surface area contributed by atoms with Crippen LogP contribution in [0.25, 0.3) is 11.0 Å². The summed E-state index contributed by atoms with van der Waals surface area (Å²) in [4.78, 5) is 28.0. The molecule has 0 bridgehead atoms. The molecule has 7 nitrogen and oxygen atoms in total. The highest BCUT2D eigenvalue weighted by Gasteiger charge is 2.44. The van der Waals surface area contributed by atoms with E-state index in [-0.39, 0.29) is 24.5 Å². The third-order valence-corrected chi connectivity index (χ3v) is 5.77. The monoisotopic (exact) mass is 469 g/mol. The number of amides is 1. The standard InChI is InChI=1S/C25H24ClNO6/c1-2-3-9-27-22(15-5-4-6-18(13-15)32-11-10-28)21(24(30)25(27)31)23(29)20-14-16-12-17(26)7-8-19(16)33-20/h4-8,12-14,22,28,30H,2-3,9-11H2,1H3. The Bertz CT molecular complexity index is 1230. The second-order valence-corrected chi connectivity index (χ2v) is 8.22. The van der Waals surface area contributed by atoms with Crippen LogP contribution in [0.4, 0.5) is 0 Å². The first-order valence-corrected chi connectivity index (χ1v) is 11.1. The van der Waals surface area contributed by atoms with Crippen LogP contribution in [0.15, 0.2) is 64.3 Å². The first-order chi connectivity index (χ1) is 15.9. The molecule has 1 atom stereocenters. The van der Waals surface area contributed by atoms with Crippen molar-refractivity contribution in [2.45, 2.75) is 25.8 Å². The van der Waals surface area contributed by atoms with Crippen molar-refractivity contribution in [1.82, 2.24) is 4.90 Å². The van der Waals surface area contributed by atoms with Crippen LogP contribution in [0.5, 0.6) is 5.75 Å². The van der Waals surface area contributed by atoms with E-state index in [1.807, 2.05) is 6.92 Å². The van der Waals surface area contributed by atoms with Gasteiger partial charge in [-0.1, -0.05) is 37.1 Å². The molecular weight excluding hydrogens is 446 g/mol. The Morgan fingerprint density at radius 1 is 1.21 bits per heavy atom. The van der Waals surface area contributed by atoms with Gasteiger partial charge < -0.3 is 24.3 Å². The number of halogens is 1. The lowest BCUT2D eigenvalue weighted by Crippen LogP contribution is -2.32. The van der Waals surface area contributed by atoms with Gasteiger partial charge in [-0.15, -0.1) is 0 Å². The molecule has 2 heterocycles. The predicted molar refractivity (Wildman–Crippen MR) is 124 cm³/mol. The largest absolute Gasteiger partial charge is 0.503 e. The SMILES string of the molecule is CCCCN1C(=O)C(O)=C(C(=O)c2cc3cc(Cl)ccc3o2)C1c1cccc(OCCO)c1. The molecule has 2 aromatic carbocycles. The number of aliphatic hydroxyl groups is 2. The Morgan fingerprint density at radius 3 is 2.79 bits per heavy atom. The molecule has 0 spiro atoms. The van der Waals surface area contributed by atoms with E-state index in [1.165, 1.54) is 4.90 Å². The number of hydrogen-bond donors (Lipinski definition) is 2. The molecule has 8 heteroatoms. The van der Waals surface area contributed by atoms with Crippen LogP contribution in [-0.2, 0) is 4.79 Å². The van der Waals surface area contributed by atoms with Gasteiger partial charge in [0, 0.05) is 17.0 Å². The van der Waals surface area contributed by atoms with Gasteiger partial charge >= 0.3 is 0 Å². The quantitative estimate of drug-likeness (QED) is 0.435. The van der Waals surface area contributed by atoms with E-state index in [1.54, 1.807) is 48.5 Å². The molecule has 2 N–H and O–H groups in total. The van der Waals surface area contributed by atoms with E-state index in [9.17, 15) is 14.7 Å². The Kier molecular flexibility index (Phi) is 6.72. The van der Waals surface area contributed by atoms with Crippen LogP contribution in [0.2, 0.25) is 5.02 Å². The zero-order valence-corrected chi connectivity index (χ0v) is 18.8. The van der Waals surface area contributed by atoms with Gasteiger partial charge in [-0.2, -0.15) is 0 Å². The number of furan rings is 1. The molecule has 3 aromatic rings. The molecule has 1 amide bonds. The minimum Gasteiger partial charge on any atom is -0.503 e. The number of carbonyl (C=O) groups excluding carboxylic acids is 2. The zero-order chi connectivity index (χ0) is 23.5. The Hall–Kier alpha value is -3.29. The lowest BCUT2D eigenvalue weighted by Gasteiger charge is -2.27. The van der Waals surface area contributed by atoms with Crippen molar-refractivity contribution in [3.63, 3.8) is 0 Å². The fraction of sp³-hybridized carbons (Fsp3) is 0.280. The summed E-state index contributed by atoms with van der Waals surface area (Å²) in [6, 6.07) is 12.7. The highest BCUT2D eigenvalue weighted by atomic mass is 35.5. The van der Waals surface area contributed by atoms with Crippen molar-refractivity contribution in [2.75, 3.05) is 19.8 Å². The Balaban J connectivity index is 1.77. The van der Waals surface area contributed by atoms with Crippen LogP contribution in [0, 0.1) is 0 Å². The predicted octanol–water partition coefficient (Wildman–Crippen LogP) is 4.84. The summed E-state index contributed by atoms with van der Waals surface area (Å²) in [5, 5.41) is 21.0. The van der Waals surface area contributed by atoms with E-state index < -0.39 is 23.5 Å². The van der Waals surface area contributed by atoms with Crippen LogP contribution < -0.4 is 4.74 Å². The second-order valence-electron chi connectivity index (χ2n) is 7.78. The Morgan fingerprint density at radius 2 is 2.03 bits per heavy atom. The van der Waals surface area contributed by atoms with E-state index in [0.29, 0.717) is 40.3 Å². The Labute approximate surface area is 195 Å². The summed E-state index contributed by atoms with van der Waals surface area (Å²) >= 11 is 6.04. The number of unbranched alkanes of at least 4 members (excludes halogenated alkanes) is 1. The smallest absolute Gasteiger partial charge is 0.290 e. The summed E-state index contributed by atoms with van der Waals surface area (Å²) in [6.07, 6.45) is 1.55. The molecule has 1 unspecified atom stereocenters. The molecule has 172 valence electrons. The maximum atomic E-state index is 13.5. The number of carbonyl (C=O) groups is 2. The lowest BCUT2D eigenvalue weighted by atomic mass is 9.94. The van der Waals surface area contributed by atoms with E-state index in [2.05, 4.69) is 0 Å². The zero-order valence-electron chi connectivity index (χ0n) is 18.1. The number of Topliss-reactive ketones (excluding diaryl/α,β-unsaturated/α-hetero) is 1. The van der Waals surface area contributed by atoms with Gasteiger partial charge in [0.15, 0.2) is 11.5 Å². The number of nitrogens with zero attached hydrogens (tertiary/aromatic N) is 1. The third kappa shape index (κ3) is 4.47. The van der Waals surface area contributed by atoms with Crippen LogP contribution in [-0.4, -0.2) is 46.6 Å². The fourth-order valence-electron chi connectivity index (χ4n) is 3.99. The molecule has 1 aromatic heterocycles. The maximum Gasteiger partial charge on any atom is 0.290 e. The molecule has 0 saturated carbocycles. The van der Waals surface area contributed by atoms with Gasteiger partial charge in [0.2, 0.25) is 5.78 Å². The van der Waals surface area contributed by atoms with Crippen LogP contribution >= 0.6 is 11.6 Å². The van der Waals surface area contributed by atoms with Gasteiger partial charge in [-0.05, 0) is 48.4 Å². The number of ketones is 1. The number of rotatable bonds is 9. The van der Waals surface area contributed by atoms with Gasteiger partial charge in [0.05, 0.1) is 18.2 Å². The van der Waals surface area contributed by atoms with E-state index in [4.69, 9.17) is 25.9 Å². The van der Waals surface area contributed by atoms with Gasteiger partial charge in [0.25, 0.3) is 5.91 Å². The van der Waals surface area contributed by atoms with Crippen molar-refractivity contribution < 1.29 is 29.0 Å². The topological polar surface area (TPSA) is 100 Å². The highest BCUT2D eigenvalue weighted by molar-refractivity contribution is 6.31. The molecule has 33 heavy (non-hydrogen) atoms.